The molecule has 1 rings (SSSR count). The maximum Gasteiger partial charge on any atom is 0.276 e. The van der Waals surface area contributed by atoms with E-state index < -0.39 is 4.92 Å². The second-order valence-electron chi connectivity index (χ2n) is 4.88. The molecular formula is C15H23N3O4S. The van der Waals surface area contributed by atoms with Gasteiger partial charge in [0.25, 0.3) is 5.69 Å². The van der Waals surface area contributed by atoms with E-state index in [-0.39, 0.29) is 5.69 Å². The zero-order valence-electron chi connectivity index (χ0n) is 13.7. The molecule has 1 aromatic rings. The standard InChI is InChI=1S/C15H23N3O4S/c1-4-5-7-16-15(23)17-8-6-11-9-13(21-2)14(22-3)10-12(11)18(19)20/h9-10H,4-8H2,1-3H3,(H2,16,17,23). The Morgan fingerprint density at radius 3 is 2.39 bits per heavy atom. The van der Waals surface area contributed by atoms with Crippen molar-refractivity contribution in [3.05, 3.63) is 27.8 Å². The third kappa shape index (κ3) is 5.90. The molecule has 7 nitrogen and oxygen atoms in total. The highest BCUT2D eigenvalue weighted by Crippen LogP contribution is 2.34. The molecule has 1 aromatic carbocycles. The van der Waals surface area contributed by atoms with E-state index in [1.54, 1.807) is 6.07 Å². The Kier molecular flexibility index (Phi) is 8.10. The molecule has 0 bridgehead atoms. The summed E-state index contributed by atoms with van der Waals surface area (Å²) in [4.78, 5) is 10.8. The highest BCUT2D eigenvalue weighted by Gasteiger charge is 2.19. The average Bonchev–Trinajstić information content (AvgIpc) is 2.54. The van der Waals surface area contributed by atoms with Gasteiger partial charge in [0.15, 0.2) is 16.6 Å². The molecule has 0 saturated heterocycles. The SMILES string of the molecule is CCCCNC(=S)NCCc1cc(OC)c(OC)cc1[N+](=O)[O-]. The summed E-state index contributed by atoms with van der Waals surface area (Å²) in [5, 5.41) is 17.9. The van der Waals surface area contributed by atoms with Crippen molar-refractivity contribution in [2.75, 3.05) is 27.3 Å². The number of hydrogen-bond acceptors (Lipinski definition) is 5. The summed E-state index contributed by atoms with van der Waals surface area (Å²) >= 11 is 5.15. The van der Waals surface area contributed by atoms with Gasteiger partial charge in [-0.3, -0.25) is 10.1 Å². The van der Waals surface area contributed by atoms with Gasteiger partial charge in [-0.2, -0.15) is 0 Å². The smallest absolute Gasteiger partial charge is 0.276 e. The van der Waals surface area contributed by atoms with E-state index in [9.17, 15) is 10.1 Å². The van der Waals surface area contributed by atoms with Crippen LogP contribution in [0.1, 0.15) is 25.3 Å². The van der Waals surface area contributed by atoms with Crippen LogP contribution in [-0.2, 0) is 6.42 Å². The van der Waals surface area contributed by atoms with E-state index in [4.69, 9.17) is 21.7 Å². The Balaban J connectivity index is 2.71. The largest absolute Gasteiger partial charge is 0.493 e. The van der Waals surface area contributed by atoms with Crippen LogP contribution in [0.4, 0.5) is 5.69 Å². The van der Waals surface area contributed by atoms with Gasteiger partial charge < -0.3 is 20.1 Å². The van der Waals surface area contributed by atoms with Crippen LogP contribution in [0.3, 0.4) is 0 Å². The second kappa shape index (κ2) is 9.83. The van der Waals surface area contributed by atoms with Crippen molar-refractivity contribution in [3.63, 3.8) is 0 Å². The number of nitro groups is 1. The Hall–Kier alpha value is -2.09. The quantitative estimate of drug-likeness (QED) is 0.309. The van der Waals surface area contributed by atoms with Gasteiger partial charge in [0.05, 0.1) is 25.2 Å². The molecule has 0 unspecified atom stereocenters. The van der Waals surface area contributed by atoms with E-state index in [0.29, 0.717) is 35.1 Å². The lowest BCUT2D eigenvalue weighted by Gasteiger charge is -2.12. The highest BCUT2D eigenvalue weighted by atomic mass is 32.1. The predicted molar refractivity (Wildman–Crippen MR) is 93.4 cm³/mol. The third-order valence-corrected chi connectivity index (χ3v) is 3.57. The van der Waals surface area contributed by atoms with Crippen molar-refractivity contribution in [1.82, 2.24) is 10.6 Å². The molecule has 0 radical (unpaired) electrons. The number of ether oxygens (including phenoxy) is 2. The molecule has 128 valence electrons. The first-order valence-corrected chi connectivity index (χ1v) is 7.85. The lowest BCUT2D eigenvalue weighted by Crippen LogP contribution is -2.36. The number of hydrogen-bond donors (Lipinski definition) is 2. The molecule has 0 heterocycles. The summed E-state index contributed by atoms with van der Waals surface area (Å²) in [5.74, 6) is 0.810. The topological polar surface area (TPSA) is 85.7 Å². The van der Waals surface area contributed by atoms with E-state index in [1.807, 2.05) is 0 Å². The van der Waals surface area contributed by atoms with E-state index >= 15 is 0 Å². The Morgan fingerprint density at radius 2 is 1.83 bits per heavy atom. The van der Waals surface area contributed by atoms with Crippen molar-refractivity contribution in [2.45, 2.75) is 26.2 Å². The summed E-state index contributed by atoms with van der Waals surface area (Å²) in [7, 11) is 2.95. The Bertz CT molecular complexity index is 552. The van der Waals surface area contributed by atoms with Gasteiger partial charge in [-0.05, 0) is 31.1 Å². The van der Waals surface area contributed by atoms with Crippen LogP contribution in [0, 0.1) is 10.1 Å². The van der Waals surface area contributed by atoms with Crippen LogP contribution in [0.2, 0.25) is 0 Å². The first kappa shape index (κ1) is 19.0. The number of benzene rings is 1. The zero-order valence-corrected chi connectivity index (χ0v) is 14.5. The molecule has 0 spiro atoms. The van der Waals surface area contributed by atoms with Crippen LogP contribution in [0.15, 0.2) is 12.1 Å². The first-order chi connectivity index (χ1) is 11.0. The van der Waals surface area contributed by atoms with E-state index in [0.717, 1.165) is 19.4 Å². The minimum absolute atomic E-state index is 0.00862. The van der Waals surface area contributed by atoms with Crippen LogP contribution in [0.25, 0.3) is 0 Å². The number of nitro benzene ring substituents is 1. The van der Waals surface area contributed by atoms with Gasteiger partial charge in [0, 0.05) is 18.7 Å². The van der Waals surface area contributed by atoms with Crippen molar-refractivity contribution in [1.29, 1.82) is 0 Å². The second-order valence-corrected chi connectivity index (χ2v) is 5.29. The minimum Gasteiger partial charge on any atom is -0.493 e. The fraction of sp³-hybridized carbons (Fsp3) is 0.533. The van der Waals surface area contributed by atoms with Crippen molar-refractivity contribution in [3.8, 4) is 11.5 Å². The number of nitrogens with one attached hydrogen (secondary N) is 2. The summed E-state index contributed by atoms with van der Waals surface area (Å²) in [5.41, 5.74) is 0.575. The van der Waals surface area contributed by atoms with Crippen molar-refractivity contribution < 1.29 is 14.4 Å². The molecule has 0 saturated carbocycles. The number of methoxy groups -OCH3 is 2. The molecule has 0 aromatic heterocycles. The van der Waals surface area contributed by atoms with Crippen molar-refractivity contribution in [2.24, 2.45) is 0 Å². The number of nitrogens with zero attached hydrogens (tertiary/aromatic N) is 1. The molecule has 0 aliphatic heterocycles. The summed E-state index contributed by atoms with van der Waals surface area (Å²) < 4.78 is 10.3. The number of rotatable bonds is 9. The van der Waals surface area contributed by atoms with Crippen LogP contribution in [-0.4, -0.2) is 37.3 Å². The van der Waals surface area contributed by atoms with E-state index in [2.05, 4.69) is 17.6 Å². The lowest BCUT2D eigenvalue weighted by atomic mass is 10.1. The first-order valence-electron chi connectivity index (χ1n) is 7.44. The molecule has 0 fully saturated rings. The van der Waals surface area contributed by atoms with Crippen LogP contribution < -0.4 is 20.1 Å². The Labute approximate surface area is 141 Å². The third-order valence-electron chi connectivity index (χ3n) is 3.28. The Morgan fingerprint density at radius 1 is 1.22 bits per heavy atom. The molecule has 0 amide bonds. The van der Waals surface area contributed by atoms with Gasteiger partial charge in [0.2, 0.25) is 0 Å². The van der Waals surface area contributed by atoms with Gasteiger partial charge in [-0.15, -0.1) is 0 Å². The molecule has 0 aliphatic carbocycles. The maximum absolute atomic E-state index is 11.2. The summed E-state index contributed by atoms with van der Waals surface area (Å²) in [6.45, 7) is 3.42. The van der Waals surface area contributed by atoms with Crippen molar-refractivity contribution >= 4 is 23.0 Å². The molecule has 0 atom stereocenters. The van der Waals surface area contributed by atoms with Crippen LogP contribution >= 0.6 is 12.2 Å². The number of unbranched alkanes of at least 4 members (excludes halogenated alkanes) is 1. The minimum atomic E-state index is -0.422. The summed E-state index contributed by atoms with van der Waals surface area (Å²) in [6.07, 6.45) is 2.59. The summed E-state index contributed by atoms with van der Waals surface area (Å²) in [6, 6.07) is 3.01. The monoisotopic (exact) mass is 341 g/mol. The molecule has 23 heavy (non-hydrogen) atoms. The van der Waals surface area contributed by atoms with Gasteiger partial charge in [0.1, 0.15) is 0 Å². The molecule has 8 heteroatoms. The molecular weight excluding hydrogens is 318 g/mol. The van der Waals surface area contributed by atoms with Gasteiger partial charge in [-0.1, -0.05) is 13.3 Å². The normalized spacial score (nSPS) is 10.0. The fourth-order valence-corrected chi connectivity index (χ4v) is 2.24. The molecule has 2 N–H and O–H groups in total. The van der Waals surface area contributed by atoms with E-state index in [1.165, 1.54) is 20.3 Å². The predicted octanol–water partition coefficient (Wildman–Crippen LogP) is 2.42. The highest BCUT2D eigenvalue weighted by molar-refractivity contribution is 7.80. The fourth-order valence-electron chi connectivity index (χ4n) is 2.03. The van der Waals surface area contributed by atoms with Crippen LogP contribution in [0.5, 0.6) is 11.5 Å². The zero-order chi connectivity index (χ0) is 17.2. The van der Waals surface area contributed by atoms with Gasteiger partial charge in [-0.25, -0.2) is 0 Å². The van der Waals surface area contributed by atoms with Gasteiger partial charge >= 0.3 is 0 Å². The maximum atomic E-state index is 11.2. The average molecular weight is 341 g/mol. The molecule has 0 aliphatic rings. The lowest BCUT2D eigenvalue weighted by molar-refractivity contribution is -0.385. The number of thiocarbonyl (C=S) groups is 1.